The van der Waals surface area contributed by atoms with Crippen molar-refractivity contribution in [1.82, 2.24) is 20.2 Å². The normalized spacial score (nSPS) is 21.0. The van der Waals surface area contributed by atoms with Crippen LogP contribution in [-0.4, -0.2) is 70.7 Å². The lowest BCUT2D eigenvalue weighted by atomic mass is 10.1. The third-order valence-electron chi connectivity index (χ3n) is 6.48. The Morgan fingerprint density at radius 2 is 1.62 bits per heavy atom. The number of carbonyl (C=O) groups excluding carboxylic acids is 4. The molecule has 5 rings (SSSR count). The van der Waals surface area contributed by atoms with Gasteiger partial charge in [-0.2, -0.15) is 0 Å². The van der Waals surface area contributed by atoms with E-state index in [1.807, 2.05) is 13.0 Å². The van der Waals surface area contributed by atoms with Crippen molar-refractivity contribution in [2.24, 2.45) is 0 Å². The Labute approximate surface area is 195 Å². The number of nitrogens with zero attached hydrogens (tertiary/aromatic N) is 5. The lowest BCUT2D eigenvalue weighted by molar-refractivity contribution is -0.129. The van der Waals surface area contributed by atoms with Crippen molar-refractivity contribution in [3.05, 3.63) is 41.2 Å². The summed E-state index contributed by atoms with van der Waals surface area (Å²) in [6.07, 6.45) is 0.292. The number of imide groups is 2. The zero-order valence-electron chi connectivity index (χ0n) is 18.8. The second-order valence-electron chi connectivity index (χ2n) is 8.75. The molecule has 34 heavy (non-hydrogen) atoms. The Kier molecular flexibility index (Phi) is 5.39. The summed E-state index contributed by atoms with van der Waals surface area (Å²) in [5.74, 6) is 0.167. The number of nitrogens with two attached hydrogens (primary N) is 1. The molecule has 4 heterocycles. The minimum atomic E-state index is -0.630. The molecular weight excluding hydrogens is 438 g/mol. The monoisotopic (exact) mass is 463 g/mol. The first kappa shape index (κ1) is 21.8. The van der Waals surface area contributed by atoms with E-state index < -0.39 is 23.8 Å². The van der Waals surface area contributed by atoms with Gasteiger partial charge in [-0.15, -0.1) is 0 Å². The van der Waals surface area contributed by atoms with Gasteiger partial charge in [-0.05, 0) is 31.5 Å². The molecule has 0 bridgehead atoms. The smallest absolute Gasteiger partial charge is 0.261 e. The third-order valence-corrected chi connectivity index (χ3v) is 6.48. The highest BCUT2D eigenvalue weighted by Gasteiger charge is 2.42. The van der Waals surface area contributed by atoms with Gasteiger partial charge in [0.25, 0.3) is 11.8 Å². The van der Waals surface area contributed by atoms with Crippen molar-refractivity contribution in [1.29, 1.82) is 0 Å². The highest BCUT2D eigenvalue weighted by atomic mass is 16.2. The molecule has 3 N–H and O–H groups in total. The van der Waals surface area contributed by atoms with Gasteiger partial charge < -0.3 is 15.5 Å². The number of aromatic nitrogens is 2. The second-order valence-corrected chi connectivity index (χ2v) is 8.75. The van der Waals surface area contributed by atoms with Crippen molar-refractivity contribution in [2.45, 2.75) is 32.2 Å². The Balaban J connectivity index is 1.31. The molecule has 2 fully saturated rings. The van der Waals surface area contributed by atoms with Gasteiger partial charge >= 0.3 is 0 Å². The maximum Gasteiger partial charge on any atom is 0.261 e. The molecule has 1 unspecified atom stereocenters. The fraction of sp³-hybridized carbons (Fsp3) is 0.391. The third kappa shape index (κ3) is 3.93. The van der Waals surface area contributed by atoms with Crippen LogP contribution >= 0.6 is 0 Å². The number of rotatable bonds is 3. The zero-order chi connectivity index (χ0) is 24.0. The van der Waals surface area contributed by atoms with Crippen molar-refractivity contribution in [3.63, 3.8) is 0 Å². The molecular formula is C23H25N7O4. The van der Waals surface area contributed by atoms with Crippen molar-refractivity contribution >= 4 is 41.0 Å². The fourth-order valence-corrected chi connectivity index (χ4v) is 4.81. The van der Waals surface area contributed by atoms with E-state index in [1.54, 1.807) is 18.2 Å². The van der Waals surface area contributed by atoms with Gasteiger partial charge in [-0.25, -0.2) is 9.97 Å². The second kappa shape index (κ2) is 8.40. The first-order chi connectivity index (χ1) is 16.3. The van der Waals surface area contributed by atoms with Crippen molar-refractivity contribution < 1.29 is 19.2 Å². The van der Waals surface area contributed by atoms with Crippen LogP contribution in [-0.2, 0) is 9.59 Å². The topological polar surface area (TPSA) is 142 Å². The van der Waals surface area contributed by atoms with Gasteiger partial charge in [0.05, 0.1) is 11.1 Å². The molecule has 2 saturated heterocycles. The van der Waals surface area contributed by atoms with Gasteiger partial charge in [0.2, 0.25) is 11.8 Å². The maximum absolute atomic E-state index is 13.2. The van der Waals surface area contributed by atoms with E-state index in [1.165, 1.54) is 0 Å². The van der Waals surface area contributed by atoms with E-state index in [-0.39, 0.29) is 25.2 Å². The number of hydrogen-bond donors (Lipinski definition) is 2. The predicted molar refractivity (Wildman–Crippen MR) is 123 cm³/mol. The number of aryl methyl sites for hydroxylation is 1. The van der Waals surface area contributed by atoms with Crippen LogP contribution in [0.2, 0.25) is 0 Å². The average molecular weight is 463 g/mol. The van der Waals surface area contributed by atoms with Crippen LogP contribution in [0.15, 0.2) is 24.3 Å². The summed E-state index contributed by atoms with van der Waals surface area (Å²) < 4.78 is 0. The average Bonchev–Trinajstić information content (AvgIpc) is 2.93. The van der Waals surface area contributed by atoms with Crippen LogP contribution < -0.4 is 20.9 Å². The van der Waals surface area contributed by atoms with Crippen LogP contribution in [0.4, 0.5) is 17.3 Å². The Morgan fingerprint density at radius 3 is 2.35 bits per heavy atom. The number of nitrogens with one attached hydrogen (secondary N) is 1. The molecule has 0 saturated carbocycles. The molecule has 176 valence electrons. The molecule has 11 nitrogen and oxygen atoms in total. The van der Waals surface area contributed by atoms with E-state index in [0.29, 0.717) is 35.9 Å². The molecule has 0 aliphatic carbocycles. The summed E-state index contributed by atoms with van der Waals surface area (Å²) in [5, 5.41) is 2.27. The number of carbonyl (C=O) groups is 4. The largest absolute Gasteiger partial charge is 0.384 e. The number of piperazine rings is 1. The summed E-state index contributed by atoms with van der Waals surface area (Å²) in [5.41, 5.74) is 7.38. The summed E-state index contributed by atoms with van der Waals surface area (Å²) in [6, 6.07) is 6.40. The summed E-state index contributed by atoms with van der Waals surface area (Å²) in [4.78, 5) is 63.8. The van der Waals surface area contributed by atoms with Crippen LogP contribution in [0.1, 0.15) is 45.8 Å². The van der Waals surface area contributed by atoms with Gasteiger partial charge in [0.1, 0.15) is 17.5 Å². The molecule has 1 aromatic carbocycles. The number of benzene rings is 1. The SMILES string of the molecule is Cc1nc(N)cc(N2CCN(c3ccc4c(c3)C(=O)N(C3CCC(=O)NC(=O)C3)C4=O)CC2)n1. The maximum atomic E-state index is 13.2. The van der Waals surface area contributed by atoms with Gasteiger partial charge in [0, 0.05) is 56.8 Å². The number of nitrogen functional groups attached to an aromatic ring is 1. The summed E-state index contributed by atoms with van der Waals surface area (Å²) in [7, 11) is 0. The van der Waals surface area contributed by atoms with Crippen LogP contribution in [0, 0.1) is 6.92 Å². The van der Waals surface area contributed by atoms with E-state index in [0.717, 1.165) is 29.5 Å². The van der Waals surface area contributed by atoms with E-state index >= 15 is 0 Å². The van der Waals surface area contributed by atoms with Gasteiger partial charge in [0.15, 0.2) is 0 Å². The van der Waals surface area contributed by atoms with Crippen molar-refractivity contribution in [2.75, 3.05) is 41.7 Å². The van der Waals surface area contributed by atoms with Crippen molar-refractivity contribution in [3.8, 4) is 0 Å². The van der Waals surface area contributed by atoms with E-state index in [9.17, 15) is 19.2 Å². The standard InChI is InChI=1S/C23H25N7O4/c1-13-25-18(24)12-19(26-13)29-8-6-28(7-9-29)14-2-4-16-17(10-14)23(34)30(22(16)33)15-3-5-20(31)27-21(32)11-15/h2,4,10,12,15H,3,5-9,11H2,1H3,(H2,24,25,26)(H,27,31,32). The number of fused-ring (bicyclic) bond motifs is 1. The van der Waals surface area contributed by atoms with Crippen LogP contribution in [0.25, 0.3) is 0 Å². The van der Waals surface area contributed by atoms with Gasteiger partial charge in [-0.1, -0.05) is 0 Å². The molecule has 1 atom stereocenters. The predicted octanol–water partition coefficient (Wildman–Crippen LogP) is 0.485. The highest BCUT2D eigenvalue weighted by molar-refractivity contribution is 6.22. The fourth-order valence-electron chi connectivity index (χ4n) is 4.81. The number of anilines is 3. The van der Waals surface area contributed by atoms with Crippen LogP contribution in [0.5, 0.6) is 0 Å². The first-order valence-corrected chi connectivity index (χ1v) is 11.3. The number of hydrogen-bond acceptors (Lipinski definition) is 9. The lowest BCUT2D eigenvalue weighted by Gasteiger charge is -2.37. The molecule has 1 aromatic heterocycles. The number of amides is 4. The zero-order valence-corrected chi connectivity index (χ0v) is 18.8. The molecule has 3 aliphatic rings. The highest BCUT2D eigenvalue weighted by Crippen LogP contribution is 2.31. The molecule has 2 aromatic rings. The quantitative estimate of drug-likeness (QED) is 0.622. The van der Waals surface area contributed by atoms with Crippen LogP contribution in [0.3, 0.4) is 0 Å². The Morgan fingerprint density at radius 1 is 0.912 bits per heavy atom. The molecule has 0 spiro atoms. The Bertz CT molecular complexity index is 1190. The minimum Gasteiger partial charge on any atom is -0.384 e. The minimum absolute atomic E-state index is 0.0704. The van der Waals surface area contributed by atoms with E-state index in [2.05, 4.69) is 25.1 Å². The summed E-state index contributed by atoms with van der Waals surface area (Å²) >= 11 is 0. The Hall–Kier alpha value is -4.02. The first-order valence-electron chi connectivity index (χ1n) is 11.3. The van der Waals surface area contributed by atoms with E-state index in [4.69, 9.17) is 5.73 Å². The lowest BCUT2D eigenvalue weighted by Crippen LogP contribution is -2.47. The molecule has 0 radical (unpaired) electrons. The molecule has 3 aliphatic heterocycles. The molecule has 11 heteroatoms. The summed E-state index contributed by atoms with van der Waals surface area (Å²) in [6.45, 7) is 4.66. The van der Waals surface area contributed by atoms with Gasteiger partial charge in [-0.3, -0.25) is 29.4 Å². The molecule has 4 amide bonds.